The Morgan fingerprint density at radius 2 is 1.62 bits per heavy atom. The number of halogens is 3. The van der Waals surface area contributed by atoms with Gasteiger partial charge in [0.2, 0.25) is 0 Å². The van der Waals surface area contributed by atoms with Gasteiger partial charge in [-0.25, -0.2) is 13.2 Å². The second kappa shape index (κ2) is 13.3. The van der Waals surface area contributed by atoms with E-state index in [2.05, 4.69) is 50.8 Å². The molecule has 0 unspecified atom stereocenters. The first kappa shape index (κ1) is 30.9. The molecule has 12 heteroatoms. The Hall–Kier alpha value is -4.00. The zero-order valence-corrected chi connectivity index (χ0v) is 23.7. The van der Waals surface area contributed by atoms with Gasteiger partial charge in [-0.1, -0.05) is 48.5 Å². The van der Waals surface area contributed by atoms with Crippen molar-refractivity contribution >= 4 is 32.6 Å². The summed E-state index contributed by atoms with van der Waals surface area (Å²) in [5.74, 6) is -2.76. The van der Waals surface area contributed by atoms with Crippen LogP contribution in [0.25, 0.3) is 22.0 Å². The van der Waals surface area contributed by atoms with Crippen LogP contribution in [-0.4, -0.2) is 73.7 Å². The van der Waals surface area contributed by atoms with Crippen LogP contribution in [-0.2, 0) is 21.4 Å². The minimum absolute atomic E-state index is 0.173. The molecule has 0 atom stereocenters. The second-order valence-corrected chi connectivity index (χ2v) is 11.6. The smallest absolute Gasteiger partial charge is 0.475 e. The van der Waals surface area contributed by atoms with E-state index in [1.165, 1.54) is 12.0 Å². The van der Waals surface area contributed by atoms with E-state index in [1.807, 2.05) is 36.4 Å². The van der Waals surface area contributed by atoms with Crippen molar-refractivity contribution in [2.45, 2.75) is 24.0 Å². The molecule has 1 aliphatic heterocycles. The number of sulfonamides is 1. The molecular formula is C30H31F3N4O4S. The van der Waals surface area contributed by atoms with E-state index in [0.29, 0.717) is 11.2 Å². The molecule has 0 bridgehead atoms. The molecule has 2 heterocycles. The number of likely N-dealkylation sites (N-methyl/N-ethyl adjacent to an activating group) is 1. The molecule has 4 aromatic rings. The third kappa shape index (κ3) is 8.28. The SMILES string of the molecule is CN1CCCN(Cc2cccc(-c3ccc(NS(=O)(=O)c4cccc5cccnc45)cc3)c2)CC1.O=C(O)C(F)(F)F. The Morgan fingerprint density at radius 1 is 0.929 bits per heavy atom. The summed E-state index contributed by atoms with van der Waals surface area (Å²) in [7, 11) is -1.58. The van der Waals surface area contributed by atoms with Gasteiger partial charge in [0.05, 0.1) is 5.52 Å². The van der Waals surface area contributed by atoms with Gasteiger partial charge < -0.3 is 10.0 Å². The molecule has 0 radical (unpaired) electrons. The highest BCUT2D eigenvalue weighted by Gasteiger charge is 2.38. The lowest BCUT2D eigenvalue weighted by molar-refractivity contribution is -0.192. The van der Waals surface area contributed by atoms with Crippen molar-refractivity contribution in [1.82, 2.24) is 14.8 Å². The number of hydrogen-bond donors (Lipinski definition) is 2. The molecule has 222 valence electrons. The maximum atomic E-state index is 13.1. The average molecular weight is 601 g/mol. The number of fused-ring (bicyclic) bond motifs is 1. The van der Waals surface area contributed by atoms with Gasteiger partial charge in [-0.05, 0) is 73.6 Å². The van der Waals surface area contributed by atoms with Crippen LogP contribution >= 0.6 is 0 Å². The highest BCUT2D eigenvalue weighted by molar-refractivity contribution is 7.93. The van der Waals surface area contributed by atoms with E-state index >= 15 is 0 Å². The predicted octanol–water partition coefficient (Wildman–Crippen LogP) is 5.47. The average Bonchev–Trinajstić information content (AvgIpc) is 3.16. The molecule has 1 aromatic heterocycles. The fourth-order valence-electron chi connectivity index (χ4n) is 4.60. The molecule has 0 saturated carbocycles. The van der Waals surface area contributed by atoms with Crippen LogP contribution in [0.4, 0.5) is 18.9 Å². The maximum absolute atomic E-state index is 13.1. The third-order valence-electron chi connectivity index (χ3n) is 6.74. The first-order valence-corrected chi connectivity index (χ1v) is 14.7. The van der Waals surface area contributed by atoms with E-state index in [4.69, 9.17) is 9.90 Å². The Morgan fingerprint density at radius 3 is 2.33 bits per heavy atom. The first-order valence-electron chi connectivity index (χ1n) is 13.2. The second-order valence-electron chi connectivity index (χ2n) is 9.95. The van der Waals surface area contributed by atoms with E-state index < -0.39 is 22.2 Å². The molecule has 2 N–H and O–H groups in total. The normalized spacial score (nSPS) is 15.0. The molecule has 42 heavy (non-hydrogen) atoms. The van der Waals surface area contributed by atoms with Crippen molar-refractivity contribution in [2.24, 2.45) is 0 Å². The number of carboxylic acid groups (broad SMARTS) is 1. The molecule has 8 nitrogen and oxygen atoms in total. The fourth-order valence-corrected chi connectivity index (χ4v) is 5.84. The number of pyridine rings is 1. The minimum atomic E-state index is -5.08. The molecule has 0 amide bonds. The highest BCUT2D eigenvalue weighted by Crippen LogP contribution is 2.26. The summed E-state index contributed by atoms with van der Waals surface area (Å²) in [6.45, 7) is 5.41. The quantitative estimate of drug-likeness (QED) is 0.303. The van der Waals surface area contributed by atoms with Gasteiger partial charge in [-0.3, -0.25) is 14.6 Å². The maximum Gasteiger partial charge on any atom is 0.490 e. The van der Waals surface area contributed by atoms with Crippen LogP contribution in [0.15, 0.2) is 90.0 Å². The Kier molecular flexibility index (Phi) is 9.81. The zero-order valence-electron chi connectivity index (χ0n) is 22.9. The van der Waals surface area contributed by atoms with Crippen LogP contribution < -0.4 is 4.72 Å². The van der Waals surface area contributed by atoms with Gasteiger partial charge in [0.25, 0.3) is 10.0 Å². The van der Waals surface area contributed by atoms with Gasteiger partial charge >= 0.3 is 12.1 Å². The van der Waals surface area contributed by atoms with Crippen molar-refractivity contribution in [2.75, 3.05) is 37.9 Å². The summed E-state index contributed by atoms with van der Waals surface area (Å²) in [5, 5.41) is 7.91. The third-order valence-corrected chi connectivity index (χ3v) is 8.16. The van der Waals surface area contributed by atoms with Crippen molar-refractivity contribution < 1.29 is 31.5 Å². The lowest BCUT2D eigenvalue weighted by atomic mass is 10.0. The number of aromatic nitrogens is 1. The molecule has 1 fully saturated rings. The van der Waals surface area contributed by atoms with Gasteiger partial charge in [-0.15, -0.1) is 0 Å². The lowest BCUT2D eigenvalue weighted by Gasteiger charge is -2.20. The first-order chi connectivity index (χ1) is 19.9. The van der Waals surface area contributed by atoms with Crippen LogP contribution in [0.1, 0.15) is 12.0 Å². The van der Waals surface area contributed by atoms with Crippen molar-refractivity contribution in [1.29, 1.82) is 0 Å². The van der Waals surface area contributed by atoms with Gasteiger partial charge in [0.15, 0.2) is 0 Å². The van der Waals surface area contributed by atoms with Crippen molar-refractivity contribution in [3.63, 3.8) is 0 Å². The van der Waals surface area contributed by atoms with Crippen molar-refractivity contribution in [3.8, 4) is 11.1 Å². The molecule has 5 rings (SSSR count). The number of alkyl halides is 3. The standard InChI is InChI=1S/C28H30N4O2S.C2HF3O2/c1-31-16-5-17-32(19-18-31)21-22-6-2-8-25(20-22)23-11-13-26(14-12-23)30-35(33,34)27-10-3-7-24-9-4-15-29-28(24)27;3-2(4,5)1(6)7/h2-4,6-15,20,30H,5,16-19,21H2,1H3;(H,6,7). The molecule has 0 spiro atoms. The monoisotopic (exact) mass is 600 g/mol. The summed E-state index contributed by atoms with van der Waals surface area (Å²) >= 11 is 0. The number of aliphatic carboxylic acids is 1. The summed E-state index contributed by atoms with van der Waals surface area (Å²) in [6, 6.07) is 25.0. The Bertz CT molecular complexity index is 1620. The molecule has 0 aliphatic carbocycles. The molecule has 3 aromatic carbocycles. The largest absolute Gasteiger partial charge is 0.490 e. The van der Waals surface area contributed by atoms with Crippen LogP contribution in [0.2, 0.25) is 0 Å². The number of carbonyl (C=O) groups is 1. The lowest BCUT2D eigenvalue weighted by Crippen LogP contribution is -2.28. The Balaban J connectivity index is 0.000000517. The van der Waals surface area contributed by atoms with Gasteiger partial charge in [0.1, 0.15) is 4.90 Å². The molecule has 1 saturated heterocycles. The van der Waals surface area contributed by atoms with Crippen LogP contribution in [0.3, 0.4) is 0 Å². The number of nitrogens with zero attached hydrogens (tertiary/aromatic N) is 3. The topological polar surface area (TPSA) is 103 Å². The van der Waals surface area contributed by atoms with Crippen LogP contribution in [0.5, 0.6) is 0 Å². The number of nitrogens with one attached hydrogen (secondary N) is 1. The summed E-state index contributed by atoms with van der Waals surface area (Å²) < 4.78 is 60.6. The minimum Gasteiger partial charge on any atom is -0.475 e. The van der Waals surface area contributed by atoms with E-state index in [1.54, 1.807) is 24.4 Å². The van der Waals surface area contributed by atoms with Crippen LogP contribution in [0, 0.1) is 0 Å². The van der Waals surface area contributed by atoms with Gasteiger partial charge in [-0.2, -0.15) is 13.2 Å². The number of benzene rings is 3. The Labute approximate surface area is 242 Å². The number of hydrogen-bond acceptors (Lipinski definition) is 6. The molecular weight excluding hydrogens is 569 g/mol. The summed E-state index contributed by atoms with van der Waals surface area (Å²) in [6.07, 6.45) is -2.28. The van der Waals surface area contributed by atoms with E-state index in [-0.39, 0.29) is 4.90 Å². The fraction of sp³-hybridized carbons (Fsp3) is 0.267. The number of anilines is 1. The van der Waals surface area contributed by atoms with Crippen molar-refractivity contribution in [3.05, 3.63) is 90.6 Å². The highest BCUT2D eigenvalue weighted by atomic mass is 32.2. The number of carboxylic acids is 1. The number of para-hydroxylation sites is 1. The summed E-state index contributed by atoms with van der Waals surface area (Å²) in [4.78, 5) is 18.3. The number of rotatable bonds is 6. The molecule has 1 aliphatic rings. The summed E-state index contributed by atoms with van der Waals surface area (Å²) in [5.41, 5.74) is 4.46. The van der Waals surface area contributed by atoms with E-state index in [9.17, 15) is 21.6 Å². The van der Waals surface area contributed by atoms with E-state index in [0.717, 1.165) is 49.2 Å². The zero-order chi connectivity index (χ0) is 30.3. The predicted molar refractivity (Wildman–Crippen MR) is 156 cm³/mol. The van der Waals surface area contributed by atoms with Gasteiger partial charge in [0, 0.05) is 36.9 Å².